The van der Waals surface area contributed by atoms with Gasteiger partial charge in [-0.2, -0.15) is 0 Å². The van der Waals surface area contributed by atoms with Crippen LogP contribution in [0.5, 0.6) is 0 Å². The summed E-state index contributed by atoms with van der Waals surface area (Å²) in [4.78, 5) is 15.5. The van der Waals surface area contributed by atoms with Gasteiger partial charge in [-0.1, -0.05) is 0 Å². The Morgan fingerprint density at radius 2 is 2.32 bits per heavy atom. The van der Waals surface area contributed by atoms with Crippen molar-refractivity contribution in [2.75, 3.05) is 5.73 Å². The predicted molar refractivity (Wildman–Crippen MR) is 70.5 cm³/mol. The molecule has 0 saturated heterocycles. The lowest BCUT2D eigenvalue weighted by Crippen LogP contribution is -2.26. The van der Waals surface area contributed by atoms with Crippen LogP contribution in [0.1, 0.15) is 25.3 Å². The van der Waals surface area contributed by atoms with Crippen molar-refractivity contribution in [3.8, 4) is 0 Å². The van der Waals surface area contributed by atoms with E-state index in [9.17, 15) is 4.79 Å². The van der Waals surface area contributed by atoms with E-state index in [1.165, 1.54) is 0 Å². The van der Waals surface area contributed by atoms with Gasteiger partial charge in [0.05, 0.1) is 5.52 Å². The van der Waals surface area contributed by atoms with Crippen molar-refractivity contribution in [1.29, 1.82) is 0 Å². The molecule has 19 heavy (non-hydrogen) atoms. The Balaban J connectivity index is 1.90. The number of carbonyl (C=O) groups is 1. The van der Waals surface area contributed by atoms with E-state index in [1.54, 1.807) is 11.7 Å². The largest absolute Gasteiger partial charge is 0.383 e. The van der Waals surface area contributed by atoms with Crippen molar-refractivity contribution < 1.29 is 10.0 Å². The number of carbonyl (C=O) groups excluding carboxylic acids is 1. The summed E-state index contributed by atoms with van der Waals surface area (Å²) >= 11 is 0. The fourth-order valence-corrected chi connectivity index (χ4v) is 2.97. The maximum atomic E-state index is 11.4. The molecule has 1 aliphatic carbocycles. The summed E-state index contributed by atoms with van der Waals surface area (Å²) in [5.41, 5.74) is 8.63. The fourth-order valence-electron chi connectivity index (χ4n) is 2.97. The molecule has 1 fully saturated rings. The smallest absolute Gasteiger partial charge is 0.246 e. The van der Waals surface area contributed by atoms with Gasteiger partial charge in [-0.15, -0.1) is 0 Å². The molecule has 0 bridgehead atoms. The van der Waals surface area contributed by atoms with Gasteiger partial charge in [-0.25, -0.2) is 10.5 Å². The molecule has 0 aliphatic heterocycles. The van der Waals surface area contributed by atoms with E-state index in [2.05, 4.69) is 9.55 Å². The summed E-state index contributed by atoms with van der Waals surface area (Å²) < 4.78 is 2.15. The number of nitrogens with two attached hydrogens (primary N) is 1. The van der Waals surface area contributed by atoms with Gasteiger partial charge < -0.3 is 10.3 Å². The molecule has 0 spiro atoms. The predicted octanol–water partition coefficient (Wildman–Crippen LogP) is 1.47. The Morgan fingerprint density at radius 3 is 3.11 bits per heavy atom. The van der Waals surface area contributed by atoms with Crippen molar-refractivity contribution in [3.63, 3.8) is 0 Å². The molecule has 2 heterocycles. The van der Waals surface area contributed by atoms with E-state index in [0.29, 0.717) is 5.82 Å². The number of fused-ring (bicyclic) bond motifs is 1. The van der Waals surface area contributed by atoms with Crippen LogP contribution in [-0.2, 0) is 4.79 Å². The van der Waals surface area contributed by atoms with Gasteiger partial charge in [-0.05, 0) is 31.4 Å². The van der Waals surface area contributed by atoms with E-state index in [-0.39, 0.29) is 17.9 Å². The van der Waals surface area contributed by atoms with Gasteiger partial charge in [0, 0.05) is 29.7 Å². The molecule has 1 saturated carbocycles. The molecule has 2 aromatic rings. The first-order valence-electron chi connectivity index (χ1n) is 6.35. The summed E-state index contributed by atoms with van der Waals surface area (Å²) in [5, 5.41) is 9.63. The molecule has 2 aromatic heterocycles. The third-order valence-corrected chi connectivity index (χ3v) is 3.96. The topological polar surface area (TPSA) is 93.2 Å². The monoisotopic (exact) mass is 260 g/mol. The van der Waals surface area contributed by atoms with Crippen LogP contribution in [0.15, 0.2) is 24.5 Å². The van der Waals surface area contributed by atoms with E-state index in [4.69, 9.17) is 10.9 Å². The normalized spacial score (nSPS) is 22.8. The number of hydroxylamine groups is 1. The van der Waals surface area contributed by atoms with Crippen LogP contribution in [0.3, 0.4) is 0 Å². The standard InChI is InChI=1S/C13H16N4O2/c14-12-10-4-6-17(11(10)3-5-15-12)9-2-1-8(7-9)13(18)16-19/h3-6,8-9,19H,1-2,7H2,(H2,14,15)(H,16,18)/t8-,9-/m1/s1. The van der Waals surface area contributed by atoms with Crippen molar-refractivity contribution in [1.82, 2.24) is 15.0 Å². The highest BCUT2D eigenvalue weighted by Crippen LogP contribution is 2.37. The zero-order valence-corrected chi connectivity index (χ0v) is 10.4. The number of hydrogen-bond donors (Lipinski definition) is 3. The number of aromatic nitrogens is 2. The maximum absolute atomic E-state index is 11.4. The summed E-state index contributed by atoms with van der Waals surface area (Å²) in [6.07, 6.45) is 6.13. The molecule has 3 rings (SSSR count). The zero-order valence-electron chi connectivity index (χ0n) is 10.4. The summed E-state index contributed by atoms with van der Waals surface area (Å²) in [7, 11) is 0. The quantitative estimate of drug-likeness (QED) is 0.563. The summed E-state index contributed by atoms with van der Waals surface area (Å²) in [6, 6.07) is 4.16. The zero-order chi connectivity index (χ0) is 13.4. The number of rotatable bonds is 2. The second kappa shape index (κ2) is 4.55. The van der Waals surface area contributed by atoms with Gasteiger partial charge in [0.25, 0.3) is 0 Å². The maximum Gasteiger partial charge on any atom is 0.246 e. The molecule has 0 radical (unpaired) electrons. The third kappa shape index (κ3) is 1.94. The van der Waals surface area contributed by atoms with Crippen LogP contribution in [0.25, 0.3) is 10.9 Å². The Bertz CT molecular complexity index is 622. The van der Waals surface area contributed by atoms with Gasteiger partial charge in [0.15, 0.2) is 0 Å². The molecule has 2 atom stereocenters. The minimum Gasteiger partial charge on any atom is -0.383 e. The van der Waals surface area contributed by atoms with E-state index < -0.39 is 0 Å². The van der Waals surface area contributed by atoms with Crippen LogP contribution in [0, 0.1) is 5.92 Å². The van der Waals surface area contributed by atoms with Crippen molar-refractivity contribution in [2.45, 2.75) is 25.3 Å². The average molecular weight is 260 g/mol. The van der Waals surface area contributed by atoms with Crippen molar-refractivity contribution in [2.24, 2.45) is 5.92 Å². The molecule has 1 amide bonds. The molecular weight excluding hydrogens is 244 g/mol. The molecule has 1 aliphatic rings. The number of amides is 1. The average Bonchev–Trinajstić information content (AvgIpc) is 3.04. The highest BCUT2D eigenvalue weighted by atomic mass is 16.5. The molecule has 6 nitrogen and oxygen atoms in total. The second-order valence-electron chi connectivity index (χ2n) is 4.99. The minimum absolute atomic E-state index is 0.119. The molecular formula is C13H16N4O2. The van der Waals surface area contributed by atoms with Crippen molar-refractivity contribution >= 4 is 22.6 Å². The fraction of sp³-hybridized carbons (Fsp3) is 0.385. The molecule has 100 valence electrons. The number of pyridine rings is 1. The van der Waals surface area contributed by atoms with Crippen LogP contribution < -0.4 is 11.2 Å². The lowest BCUT2D eigenvalue weighted by Gasteiger charge is -2.14. The van der Waals surface area contributed by atoms with Crippen LogP contribution >= 0.6 is 0 Å². The Labute approximate surface area is 110 Å². The summed E-state index contributed by atoms with van der Waals surface area (Å²) in [6.45, 7) is 0. The molecule has 0 aromatic carbocycles. The highest BCUT2D eigenvalue weighted by Gasteiger charge is 2.31. The number of nitrogens with one attached hydrogen (secondary N) is 1. The molecule has 6 heteroatoms. The number of nitrogens with zero attached hydrogens (tertiary/aromatic N) is 2. The first kappa shape index (κ1) is 12.0. The lowest BCUT2D eigenvalue weighted by atomic mass is 10.1. The Kier molecular flexibility index (Phi) is 2.87. The lowest BCUT2D eigenvalue weighted by molar-refractivity contribution is -0.133. The molecule has 0 unspecified atom stereocenters. The third-order valence-electron chi connectivity index (χ3n) is 3.96. The van der Waals surface area contributed by atoms with E-state index >= 15 is 0 Å². The Morgan fingerprint density at radius 1 is 1.47 bits per heavy atom. The van der Waals surface area contributed by atoms with E-state index in [1.807, 2.05) is 18.3 Å². The first-order valence-corrected chi connectivity index (χ1v) is 6.35. The number of hydrogen-bond acceptors (Lipinski definition) is 4. The van der Waals surface area contributed by atoms with Gasteiger partial charge in [0.1, 0.15) is 5.82 Å². The Hall–Kier alpha value is -2.08. The van der Waals surface area contributed by atoms with Crippen LogP contribution in [0.2, 0.25) is 0 Å². The number of anilines is 1. The minimum atomic E-state index is -0.292. The van der Waals surface area contributed by atoms with Gasteiger partial charge >= 0.3 is 0 Å². The van der Waals surface area contributed by atoms with Crippen LogP contribution in [-0.4, -0.2) is 20.7 Å². The first-order chi connectivity index (χ1) is 9.20. The van der Waals surface area contributed by atoms with Gasteiger partial charge in [-0.3, -0.25) is 10.0 Å². The second-order valence-corrected chi connectivity index (χ2v) is 4.99. The SMILES string of the molecule is Nc1nccc2c1ccn2[C@@H]1CC[C@@H](C(=O)NO)C1. The van der Waals surface area contributed by atoms with Crippen LogP contribution in [0.4, 0.5) is 5.82 Å². The highest BCUT2D eigenvalue weighted by molar-refractivity contribution is 5.89. The van der Waals surface area contributed by atoms with Gasteiger partial charge in [0.2, 0.25) is 5.91 Å². The van der Waals surface area contributed by atoms with E-state index in [0.717, 1.165) is 30.2 Å². The number of nitrogen functional groups attached to an aromatic ring is 1. The summed E-state index contributed by atoms with van der Waals surface area (Å²) in [5.74, 6) is 0.116. The van der Waals surface area contributed by atoms with Crippen molar-refractivity contribution in [3.05, 3.63) is 24.5 Å². The molecule has 4 N–H and O–H groups in total.